The van der Waals surface area contributed by atoms with Crippen LogP contribution in [0.25, 0.3) is 0 Å². The molecule has 1 N–H and O–H groups in total. The van der Waals surface area contributed by atoms with E-state index in [-0.39, 0.29) is 23.8 Å². The first-order valence-corrected chi connectivity index (χ1v) is 11.4. The van der Waals surface area contributed by atoms with Crippen molar-refractivity contribution in [1.29, 1.82) is 0 Å². The van der Waals surface area contributed by atoms with Crippen LogP contribution in [0.5, 0.6) is 0 Å². The number of carbonyl (C=O) groups is 2. The largest absolute Gasteiger partial charge is 0.369 e. The van der Waals surface area contributed by atoms with Crippen LogP contribution in [0.4, 0.5) is 11.4 Å². The van der Waals surface area contributed by atoms with Gasteiger partial charge in [0.05, 0.1) is 23.8 Å². The van der Waals surface area contributed by atoms with Crippen LogP contribution in [0.15, 0.2) is 48.8 Å². The van der Waals surface area contributed by atoms with Crippen molar-refractivity contribution in [3.63, 3.8) is 0 Å². The summed E-state index contributed by atoms with van der Waals surface area (Å²) in [6, 6.07) is 12.1. The van der Waals surface area contributed by atoms with Gasteiger partial charge in [0.2, 0.25) is 11.8 Å². The molecule has 2 saturated heterocycles. The summed E-state index contributed by atoms with van der Waals surface area (Å²) in [5.41, 5.74) is 3.18. The molecule has 3 heterocycles. The number of aromatic nitrogens is 1. The van der Waals surface area contributed by atoms with Gasteiger partial charge in [-0.05, 0) is 69.6 Å². The zero-order chi connectivity index (χ0) is 22.7. The van der Waals surface area contributed by atoms with E-state index in [0.717, 1.165) is 50.4 Å². The van der Waals surface area contributed by atoms with E-state index < -0.39 is 0 Å². The summed E-state index contributed by atoms with van der Waals surface area (Å²) in [7, 11) is 3.88. The fourth-order valence-corrected chi connectivity index (χ4v) is 4.40. The summed E-state index contributed by atoms with van der Waals surface area (Å²) in [5.74, 6) is 0.740. The molecule has 2 fully saturated rings. The lowest BCUT2D eigenvalue weighted by molar-refractivity contribution is -0.136. The number of nitrogens with one attached hydrogen (secondary N) is 1. The molecule has 0 radical (unpaired) electrons. The van der Waals surface area contributed by atoms with Gasteiger partial charge in [0.15, 0.2) is 0 Å². The number of carbonyl (C=O) groups excluding carboxylic acids is 2. The highest BCUT2D eigenvalue weighted by molar-refractivity contribution is 5.94. The summed E-state index contributed by atoms with van der Waals surface area (Å²) in [6.45, 7) is 5.00. The van der Waals surface area contributed by atoms with E-state index in [9.17, 15) is 9.59 Å². The third-order valence-electron chi connectivity index (χ3n) is 6.85. The van der Waals surface area contributed by atoms with Gasteiger partial charge in [-0.3, -0.25) is 19.5 Å². The maximum absolute atomic E-state index is 12.6. The van der Waals surface area contributed by atoms with Crippen LogP contribution in [-0.4, -0.2) is 72.9 Å². The number of anilines is 2. The summed E-state index contributed by atoms with van der Waals surface area (Å²) in [5, 5.41) is 3.05. The monoisotopic (exact) mass is 435 g/mol. The molecule has 7 heteroatoms. The average molecular weight is 436 g/mol. The van der Waals surface area contributed by atoms with E-state index in [4.69, 9.17) is 0 Å². The first kappa shape index (κ1) is 22.3. The molecular formula is C25H33N5O2. The van der Waals surface area contributed by atoms with E-state index in [2.05, 4.69) is 27.3 Å². The topological polar surface area (TPSA) is 68.8 Å². The molecule has 4 rings (SSSR count). The summed E-state index contributed by atoms with van der Waals surface area (Å²) in [6.07, 6.45) is 5.54. The number of rotatable bonds is 6. The standard InChI is InChI=1S/C25H33N5O2/c1-18(28(2)3)25(32)29-13-10-20(11-14-29)19-6-8-22(9-7-19)27-24(31)21-16-30(17-21)23-5-4-12-26-15-23/h4-9,12,15,18,20-21H,10-11,13-14,16-17H2,1-3H3,(H,27,31)/t18-/m0/s1. The summed E-state index contributed by atoms with van der Waals surface area (Å²) in [4.78, 5) is 35.4. The lowest BCUT2D eigenvalue weighted by atomic mass is 9.89. The number of pyridine rings is 1. The number of nitrogens with zero attached hydrogens (tertiary/aromatic N) is 4. The molecule has 0 unspecified atom stereocenters. The molecule has 2 amide bonds. The molecule has 0 aliphatic carbocycles. The predicted molar refractivity (Wildman–Crippen MR) is 127 cm³/mol. The fraction of sp³-hybridized carbons (Fsp3) is 0.480. The number of benzene rings is 1. The van der Waals surface area contributed by atoms with Crippen molar-refractivity contribution < 1.29 is 9.59 Å². The van der Waals surface area contributed by atoms with Gasteiger partial charge < -0.3 is 15.1 Å². The van der Waals surface area contributed by atoms with E-state index in [1.165, 1.54) is 5.56 Å². The van der Waals surface area contributed by atoms with Crippen LogP contribution in [0.1, 0.15) is 31.2 Å². The minimum absolute atomic E-state index is 0.00121. The Bertz CT molecular complexity index is 917. The van der Waals surface area contributed by atoms with Gasteiger partial charge in [-0.1, -0.05) is 12.1 Å². The van der Waals surface area contributed by atoms with Crippen molar-refractivity contribution in [2.45, 2.75) is 31.7 Å². The number of likely N-dealkylation sites (N-methyl/N-ethyl adjacent to an activating group) is 1. The number of piperidine rings is 1. The molecule has 7 nitrogen and oxygen atoms in total. The number of amides is 2. The first-order chi connectivity index (χ1) is 15.4. The number of likely N-dealkylation sites (tertiary alicyclic amines) is 1. The SMILES string of the molecule is C[C@@H](C(=O)N1CCC(c2ccc(NC(=O)C3CN(c4cccnc4)C3)cc2)CC1)N(C)C. The smallest absolute Gasteiger partial charge is 0.239 e. The van der Waals surface area contributed by atoms with E-state index in [1.807, 2.05) is 61.3 Å². The summed E-state index contributed by atoms with van der Waals surface area (Å²) < 4.78 is 0. The zero-order valence-corrected chi connectivity index (χ0v) is 19.2. The zero-order valence-electron chi connectivity index (χ0n) is 19.2. The third kappa shape index (κ3) is 4.93. The Balaban J connectivity index is 1.24. The second-order valence-corrected chi connectivity index (χ2v) is 9.16. The minimum atomic E-state index is -0.0819. The molecule has 0 spiro atoms. The second kappa shape index (κ2) is 9.69. The van der Waals surface area contributed by atoms with Crippen LogP contribution in [0.2, 0.25) is 0 Å². The second-order valence-electron chi connectivity index (χ2n) is 9.16. The van der Waals surface area contributed by atoms with Crippen molar-refractivity contribution in [2.75, 3.05) is 50.5 Å². The van der Waals surface area contributed by atoms with Gasteiger partial charge in [0.25, 0.3) is 0 Å². The first-order valence-electron chi connectivity index (χ1n) is 11.4. The Morgan fingerprint density at radius 1 is 1.09 bits per heavy atom. The lowest BCUT2D eigenvalue weighted by Crippen LogP contribution is -2.52. The Labute approximate surface area is 190 Å². The molecule has 1 atom stereocenters. The molecule has 170 valence electrons. The Morgan fingerprint density at radius 3 is 2.38 bits per heavy atom. The normalized spacial score (nSPS) is 18.4. The molecule has 2 aromatic rings. The van der Waals surface area contributed by atoms with Crippen LogP contribution >= 0.6 is 0 Å². The molecule has 32 heavy (non-hydrogen) atoms. The maximum Gasteiger partial charge on any atom is 0.239 e. The fourth-order valence-electron chi connectivity index (χ4n) is 4.40. The van der Waals surface area contributed by atoms with Gasteiger partial charge in [-0.2, -0.15) is 0 Å². The van der Waals surface area contributed by atoms with E-state index >= 15 is 0 Å². The highest BCUT2D eigenvalue weighted by Gasteiger charge is 2.33. The summed E-state index contributed by atoms with van der Waals surface area (Å²) >= 11 is 0. The van der Waals surface area contributed by atoms with Gasteiger partial charge in [-0.15, -0.1) is 0 Å². The van der Waals surface area contributed by atoms with Crippen LogP contribution in [0.3, 0.4) is 0 Å². The third-order valence-corrected chi connectivity index (χ3v) is 6.85. The molecule has 0 saturated carbocycles. The van der Waals surface area contributed by atoms with Gasteiger partial charge in [0, 0.05) is 38.1 Å². The highest BCUT2D eigenvalue weighted by Crippen LogP contribution is 2.30. The molecular weight excluding hydrogens is 402 g/mol. The highest BCUT2D eigenvalue weighted by atomic mass is 16.2. The Morgan fingerprint density at radius 2 is 1.78 bits per heavy atom. The van der Waals surface area contributed by atoms with Gasteiger partial charge in [0.1, 0.15) is 0 Å². The van der Waals surface area contributed by atoms with Crippen LogP contribution in [-0.2, 0) is 9.59 Å². The van der Waals surface area contributed by atoms with Crippen molar-refractivity contribution >= 4 is 23.2 Å². The van der Waals surface area contributed by atoms with E-state index in [1.54, 1.807) is 6.20 Å². The molecule has 1 aromatic heterocycles. The van der Waals surface area contributed by atoms with Crippen LogP contribution < -0.4 is 10.2 Å². The van der Waals surface area contributed by atoms with Crippen molar-refractivity contribution in [3.05, 3.63) is 54.4 Å². The number of hydrogen-bond donors (Lipinski definition) is 1. The minimum Gasteiger partial charge on any atom is -0.369 e. The van der Waals surface area contributed by atoms with E-state index in [0.29, 0.717) is 5.92 Å². The molecule has 1 aromatic carbocycles. The van der Waals surface area contributed by atoms with Crippen molar-refractivity contribution in [2.24, 2.45) is 5.92 Å². The predicted octanol–water partition coefficient (Wildman–Crippen LogP) is 2.81. The molecule has 0 bridgehead atoms. The quantitative estimate of drug-likeness (QED) is 0.756. The van der Waals surface area contributed by atoms with Crippen LogP contribution in [0, 0.1) is 5.92 Å². The Hall–Kier alpha value is -2.93. The average Bonchev–Trinajstić information content (AvgIpc) is 2.78. The van der Waals surface area contributed by atoms with Crippen molar-refractivity contribution in [1.82, 2.24) is 14.8 Å². The van der Waals surface area contributed by atoms with Crippen molar-refractivity contribution in [3.8, 4) is 0 Å². The Kier molecular flexibility index (Phi) is 6.74. The maximum atomic E-state index is 12.6. The molecule has 2 aliphatic rings. The molecule has 2 aliphatic heterocycles. The number of hydrogen-bond acceptors (Lipinski definition) is 5. The van der Waals surface area contributed by atoms with Gasteiger partial charge in [-0.25, -0.2) is 0 Å². The lowest BCUT2D eigenvalue weighted by Gasteiger charge is -2.39. The van der Waals surface area contributed by atoms with Gasteiger partial charge >= 0.3 is 0 Å².